The summed E-state index contributed by atoms with van der Waals surface area (Å²) in [6.07, 6.45) is 1.07. The Balaban J connectivity index is 1.83. The van der Waals surface area contributed by atoms with Gasteiger partial charge >= 0.3 is 5.97 Å². The monoisotopic (exact) mass is 276 g/mol. The fraction of sp³-hybridized carbons (Fsp3) is 0.308. The van der Waals surface area contributed by atoms with Gasteiger partial charge in [-0.05, 0) is 24.3 Å². The SMILES string of the molecule is O=C(O)c1ccc(-c2noc(C3CCSC3)n2)cc1. The zero-order valence-electron chi connectivity index (χ0n) is 10.1. The molecule has 0 saturated carbocycles. The van der Waals surface area contributed by atoms with Gasteiger partial charge < -0.3 is 9.63 Å². The van der Waals surface area contributed by atoms with Crippen molar-refractivity contribution >= 4 is 17.7 Å². The summed E-state index contributed by atoms with van der Waals surface area (Å²) in [6.45, 7) is 0. The summed E-state index contributed by atoms with van der Waals surface area (Å²) in [6, 6.07) is 6.47. The van der Waals surface area contributed by atoms with Crippen molar-refractivity contribution in [2.45, 2.75) is 12.3 Å². The molecule has 3 rings (SSSR count). The van der Waals surface area contributed by atoms with Gasteiger partial charge in [0.25, 0.3) is 0 Å². The van der Waals surface area contributed by atoms with Crippen LogP contribution in [0.1, 0.15) is 28.6 Å². The Hall–Kier alpha value is -1.82. The van der Waals surface area contributed by atoms with E-state index in [2.05, 4.69) is 10.1 Å². The molecule has 1 aromatic heterocycles. The molecule has 1 atom stereocenters. The number of thioether (sulfide) groups is 1. The van der Waals surface area contributed by atoms with Crippen LogP contribution in [0.3, 0.4) is 0 Å². The number of carboxylic acids is 1. The minimum absolute atomic E-state index is 0.250. The Bertz CT molecular complexity index is 588. The summed E-state index contributed by atoms with van der Waals surface area (Å²) in [5, 5.41) is 12.8. The zero-order chi connectivity index (χ0) is 13.2. The third-order valence-corrected chi connectivity index (χ3v) is 4.27. The number of carboxylic acid groups (broad SMARTS) is 1. The Morgan fingerprint density at radius 3 is 2.79 bits per heavy atom. The van der Waals surface area contributed by atoms with Gasteiger partial charge in [0.15, 0.2) is 0 Å². The molecule has 0 radical (unpaired) electrons. The van der Waals surface area contributed by atoms with Crippen LogP contribution in [0.15, 0.2) is 28.8 Å². The fourth-order valence-electron chi connectivity index (χ4n) is 2.01. The molecule has 1 aliphatic heterocycles. The van der Waals surface area contributed by atoms with Crippen LogP contribution in [-0.2, 0) is 0 Å². The molecule has 2 aromatic rings. The van der Waals surface area contributed by atoms with Crippen molar-refractivity contribution in [2.24, 2.45) is 0 Å². The molecule has 2 heterocycles. The lowest BCUT2D eigenvalue weighted by Gasteiger charge is -1.98. The van der Waals surface area contributed by atoms with Crippen molar-refractivity contribution in [3.63, 3.8) is 0 Å². The lowest BCUT2D eigenvalue weighted by atomic mass is 10.1. The van der Waals surface area contributed by atoms with Crippen molar-refractivity contribution in [1.29, 1.82) is 0 Å². The van der Waals surface area contributed by atoms with Gasteiger partial charge in [0, 0.05) is 17.2 Å². The fourth-order valence-corrected chi connectivity index (χ4v) is 3.22. The molecular formula is C13H12N2O3S. The second-order valence-electron chi connectivity index (χ2n) is 4.40. The topological polar surface area (TPSA) is 76.2 Å². The molecule has 1 N–H and O–H groups in total. The van der Waals surface area contributed by atoms with E-state index in [9.17, 15) is 4.79 Å². The van der Waals surface area contributed by atoms with Crippen LogP contribution < -0.4 is 0 Å². The number of nitrogens with zero attached hydrogens (tertiary/aromatic N) is 2. The van der Waals surface area contributed by atoms with Crippen LogP contribution in [0.4, 0.5) is 0 Å². The Labute approximate surface area is 114 Å². The van der Waals surface area contributed by atoms with E-state index in [-0.39, 0.29) is 5.56 Å². The van der Waals surface area contributed by atoms with Crippen LogP contribution in [0.25, 0.3) is 11.4 Å². The van der Waals surface area contributed by atoms with E-state index in [1.54, 1.807) is 24.3 Å². The minimum atomic E-state index is -0.941. The van der Waals surface area contributed by atoms with Gasteiger partial charge in [-0.3, -0.25) is 0 Å². The van der Waals surface area contributed by atoms with E-state index >= 15 is 0 Å². The zero-order valence-corrected chi connectivity index (χ0v) is 10.9. The van der Waals surface area contributed by atoms with E-state index in [0.29, 0.717) is 17.6 Å². The van der Waals surface area contributed by atoms with Gasteiger partial charge in [-0.15, -0.1) is 0 Å². The maximum atomic E-state index is 10.8. The first-order valence-electron chi connectivity index (χ1n) is 5.99. The molecule has 19 heavy (non-hydrogen) atoms. The predicted molar refractivity (Wildman–Crippen MR) is 71.4 cm³/mol. The molecule has 1 fully saturated rings. The third kappa shape index (κ3) is 2.49. The van der Waals surface area contributed by atoms with Crippen molar-refractivity contribution < 1.29 is 14.4 Å². The van der Waals surface area contributed by atoms with Crippen molar-refractivity contribution in [1.82, 2.24) is 10.1 Å². The number of aromatic nitrogens is 2. The number of carbonyl (C=O) groups is 1. The second kappa shape index (κ2) is 5.05. The molecule has 1 saturated heterocycles. The summed E-state index contributed by atoms with van der Waals surface area (Å²) in [4.78, 5) is 15.2. The lowest BCUT2D eigenvalue weighted by Crippen LogP contribution is -1.96. The van der Waals surface area contributed by atoms with Crippen LogP contribution in [0.5, 0.6) is 0 Å². The van der Waals surface area contributed by atoms with Crippen molar-refractivity contribution in [3.05, 3.63) is 35.7 Å². The van der Waals surface area contributed by atoms with Crippen LogP contribution in [0, 0.1) is 0 Å². The lowest BCUT2D eigenvalue weighted by molar-refractivity contribution is 0.0697. The maximum absolute atomic E-state index is 10.8. The Kier molecular flexibility index (Phi) is 3.25. The normalized spacial score (nSPS) is 18.6. The van der Waals surface area contributed by atoms with Gasteiger partial charge in [-0.1, -0.05) is 17.3 Å². The summed E-state index contributed by atoms with van der Waals surface area (Å²) >= 11 is 1.89. The first-order chi connectivity index (χ1) is 9.24. The van der Waals surface area contributed by atoms with Crippen molar-refractivity contribution in [3.8, 4) is 11.4 Å². The molecular weight excluding hydrogens is 264 g/mol. The van der Waals surface area contributed by atoms with Gasteiger partial charge in [-0.2, -0.15) is 16.7 Å². The molecule has 5 nitrogen and oxygen atoms in total. The molecule has 98 valence electrons. The average molecular weight is 276 g/mol. The standard InChI is InChI=1S/C13H12N2O3S/c16-13(17)9-3-1-8(2-4-9)11-14-12(18-15-11)10-5-6-19-7-10/h1-4,10H,5-7H2,(H,16,17). The van der Waals surface area contributed by atoms with E-state index < -0.39 is 5.97 Å². The number of rotatable bonds is 3. The van der Waals surface area contributed by atoms with E-state index in [0.717, 1.165) is 23.5 Å². The molecule has 1 unspecified atom stereocenters. The van der Waals surface area contributed by atoms with Gasteiger partial charge in [0.05, 0.1) is 5.56 Å². The summed E-state index contributed by atoms with van der Waals surface area (Å²) in [5.41, 5.74) is 1.02. The van der Waals surface area contributed by atoms with Gasteiger partial charge in [0.2, 0.25) is 11.7 Å². The maximum Gasteiger partial charge on any atom is 0.335 e. The van der Waals surface area contributed by atoms with Crippen molar-refractivity contribution in [2.75, 3.05) is 11.5 Å². The predicted octanol–water partition coefficient (Wildman–Crippen LogP) is 2.66. The minimum Gasteiger partial charge on any atom is -0.478 e. The number of benzene rings is 1. The number of aromatic carboxylic acids is 1. The molecule has 6 heteroatoms. The highest BCUT2D eigenvalue weighted by atomic mass is 32.2. The molecule has 0 aliphatic carbocycles. The second-order valence-corrected chi connectivity index (χ2v) is 5.55. The van der Waals surface area contributed by atoms with Crippen LogP contribution >= 0.6 is 11.8 Å². The molecule has 0 bridgehead atoms. The molecule has 1 aliphatic rings. The number of hydrogen-bond acceptors (Lipinski definition) is 5. The summed E-state index contributed by atoms with van der Waals surface area (Å²) < 4.78 is 5.29. The first-order valence-corrected chi connectivity index (χ1v) is 7.14. The van der Waals surface area contributed by atoms with E-state index in [1.807, 2.05) is 11.8 Å². The Morgan fingerprint density at radius 2 is 2.16 bits per heavy atom. The van der Waals surface area contributed by atoms with E-state index in [1.165, 1.54) is 0 Å². The number of hydrogen-bond donors (Lipinski definition) is 1. The van der Waals surface area contributed by atoms with Gasteiger partial charge in [-0.25, -0.2) is 4.79 Å². The van der Waals surface area contributed by atoms with Crippen LogP contribution in [-0.4, -0.2) is 32.7 Å². The highest BCUT2D eigenvalue weighted by Gasteiger charge is 2.23. The summed E-state index contributed by atoms with van der Waals surface area (Å²) in [7, 11) is 0. The largest absolute Gasteiger partial charge is 0.478 e. The van der Waals surface area contributed by atoms with E-state index in [4.69, 9.17) is 9.63 Å². The van der Waals surface area contributed by atoms with Gasteiger partial charge in [0.1, 0.15) is 0 Å². The quantitative estimate of drug-likeness (QED) is 0.928. The summed E-state index contributed by atoms with van der Waals surface area (Å²) in [5.74, 6) is 2.77. The van der Waals surface area contributed by atoms with Crippen LogP contribution in [0.2, 0.25) is 0 Å². The molecule has 0 spiro atoms. The Morgan fingerprint density at radius 1 is 1.37 bits per heavy atom. The highest BCUT2D eigenvalue weighted by molar-refractivity contribution is 7.99. The first kappa shape index (κ1) is 12.2. The average Bonchev–Trinajstić information content (AvgIpc) is 3.10. The highest BCUT2D eigenvalue weighted by Crippen LogP contribution is 2.32. The molecule has 1 aromatic carbocycles. The molecule has 0 amide bonds. The smallest absolute Gasteiger partial charge is 0.335 e. The third-order valence-electron chi connectivity index (χ3n) is 3.11.